The third-order valence-corrected chi connectivity index (χ3v) is 13.2. The second-order valence-corrected chi connectivity index (χ2v) is 16.1. The Kier molecular flexibility index (Phi) is 7.99. The number of rotatable bonds is 8. The van der Waals surface area contributed by atoms with E-state index in [0.717, 1.165) is 60.3 Å². The normalized spacial score (nSPS) is 37.8. The second kappa shape index (κ2) is 10.7. The highest BCUT2D eigenvalue weighted by Gasteiger charge is 2.59. The maximum absolute atomic E-state index is 13.0. The van der Waals surface area contributed by atoms with Crippen molar-refractivity contribution in [1.82, 2.24) is 0 Å². The van der Waals surface area contributed by atoms with Crippen molar-refractivity contribution in [3.63, 3.8) is 0 Å². The molecule has 4 aliphatic rings. The van der Waals surface area contributed by atoms with Crippen LogP contribution in [0.1, 0.15) is 111 Å². The summed E-state index contributed by atoms with van der Waals surface area (Å²) in [5.74, 6) is 4.93. The Hall–Kier alpha value is -1.13. The average molecular weight is 541 g/mol. The highest BCUT2D eigenvalue weighted by atomic mass is 32.2. The zero-order chi connectivity index (χ0) is 27.3. The molecule has 0 aromatic heterocycles. The summed E-state index contributed by atoms with van der Waals surface area (Å²) in [5.41, 5.74) is 3.24. The van der Waals surface area contributed by atoms with Crippen LogP contribution in [0.4, 0.5) is 0 Å². The lowest BCUT2D eigenvalue weighted by Gasteiger charge is -2.58. The van der Waals surface area contributed by atoms with E-state index >= 15 is 0 Å². The fourth-order valence-electron chi connectivity index (χ4n) is 9.67. The van der Waals surface area contributed by atoms with Crippen molar-refractivity contribution in [2.45, 2.75) is 123 Å². The molecule has 4 heteroatoms. The van der Waals surface area contributed by atoms with Gasteiger partial charge in [0.2, 0.25) is 0 Å². The van der Waals surface area contributed by atoms with Crippen LogP contribution in [-0.4, -0.2) is 14.5 Å². The SMILES string of the molecule is Cc1ccc(S(=O)(=O)OC2CC[C@@]3(C)C(=CCC4C3CC[C@@]3(C)C4CC[C@@H]3[C@H](C)CCCC(C)C)C2)cc1. The van der Waals surface area contributed by atoms with Crippen LogP contribution in [0.5, 0.6) is 0 Å². The van der Waals surface area contributed by atoms with Gasteiger partial charge in [0.1, 0.15) is 0 Å². The number of hydrogen-bond acceptors (Lipinski definition) is 3. The number of benzene rings is 1. The minimum absolute atomic E-state index is 0.207. The quantitative estimate of drug-likeness (QED) is 0.244. The van der Waals surface area contributed by atoms with Gasteiger partial charge in [0.15, 0.2) is 0 Å². The Morgan fingerprint density at radius 2 is 1.68 bits per heavy atom. The molecule has 4 unspecified atom stereocenters. The molecule has 1 aromatic rings. The largest absolute Gasteiger partial charge is 0.297 e. The minimum Gasteiger partial charge on any atom is -0.263 e. The van der Waals surface area contributed by atoms with E-state index in [0.29, 0.717) is 5.41 Å². The smallest absolute Gasteiger partial charge is 0.263 e. The molecule has 4 aliphatic carbocycles. The Balaban J connectivity index is 1.27. The highest BCUT2D eigenvalue weighted by Crippen LogP contribution is 2.67. The van der Waals surface area contributed by atoms with Gasteiger partial charge in [-0.3, -0.25) is 4.18 Å². The van der Waals surface area contributed by atoms with Crippen molar-refractivity contribution in [1.29, 1.82) is 0 Å². The minimum atomic E-state index is -3.73. The summed E-state index contributed by atoms with van der Waals surface area (Å²) < 4.78 is 31.8. The maximum atomic E-state index is 13.0. The summed E-state index contributed by atoms with van der Waals surface area (Å²) >= 11 is 0. The van der Waals surface area contributed by atoms with E-state index in [4.69, 9.17) is 4.18 Å². The van der Waals surface area contributed by atoms with Gasteiger partial charge >= 0.3 is 0 Å². The molecule has 0 amide bonds. The second-order valence-electron chi connectivity index (χ2n) is 14.5. The van der Waals surface area contributed by atoms with Crippen molar-refractivity contribution in [3.8, 4) is 0 Å². The first-order valence-corrected chi connectivity index (χ1v) is 17.0. The molecule has 0 heterocycles. The lowest BCUT2D eigenvalue weighted by molar-refractivity contribution is -0.0556. The van der Waals surface area contributed by atoms with Crippen LogP contribution in [-0.2, 0) is 14.3 Å². The van der Waals surface area contributed by atoms with Gasteiger partial charge < -0.3 is 0 Å². The van der Waals surface area contributed by atoms with Crippen LogP contribution in [0.15, 0.2) is 40.8 Å². The van der Waals surface area contributed by atoms with Crippen molar-refractivity contribution >= 4 is 10.1 Å². The molecule has 5 rings (SSSR count). The van der Waals surface area contributed by atoms with E-state index in [-0.39, 0.29) is 16.4 Å². The molecule has 0 N–H and O–H groups in total. The fraction of sp³-hybridized carbons (Fsp3) is 0.765. The van der Waals surface area contributed by atoms with Crippen LogP contribution in [0.2, 0.25) is 0 Å². The molecule has 0 aliphatic heterocycles. The van der Waals surface area contributed by atoms with Gasteiger partial charge in [-0.05, 0) is 117 Å². The summed E-state index contributed by atoms with van der Waals surface area (Å²) in [4.78, 5) is 0.273. The lowest BCUT2D eigenvalue weighted by atomic mass is 9.47. The number of allylic oxidation sites excluding steroid dienone is 1. The number of fused-ring (bicyclic) bond motifs is 5. The first kappa shape index (κ1) is 28.4. The van der Waals surface area contributed by atoms with Gasteiger partial charge in [-0.15, -0.1) is 0 Å². The third kappa shape index (κ3) is 5.18. The molecule has 0 saturated heterocycles. The number of hydrogen-bond donors (Lipinski definition) is 0. The molecule has 1 aromatic carbocycles. The Morgan fingerprint density at radius 1 is 0.947 bits per heavy atom. The first-order chi connectivity index (χ1) is 17.9. The van der Waals surface area contributed by atoms with E-state index in [1.54, 1.807) is 12.1 Å². The molecule has 212 valence electrons. The fourth-order valence-corrected chi connectivity index (χ4v) is 10.8. The van der Waals surface area contributed by atoms with Gasteiger partial charge in [0.05, 0.1) is 11.0 Å². The van der Waals surface area contributed by atoms with Gasteiger partial charge in [0.25, 0.3) is 10.1 Å². The van der Waals surface area contributed by atoms with E-state index < -0.39 is 10.1 Å². The zero-order valence-corrected chi connectivity index (χ0v) is 25.7. The van der Waals surface area contributed by atoms with Crippen LogP contribution in [0.25, 0.3) is 0 Å². The van der Waals surface area contributed by atoms with Crippen molar-refractivity contribution in [2.24, 2.45) is 46.3 Å². The van der Waals surface area contributed by atoms with Crippen molar-refractivity contribution < 1.29 is 12.6 Å². The topological polar surface area (TPSA) is 43.4 Å². The Bertz CT molecular complexity index is 1120. The van der Waals surface area contributed by atoms with Crippen molar-refractivity contribution in [3.05, 3.63) is 41.5 Å². The van der Waals surface area contributed by atoms with Gasteiger partial charge in [-0.1, -0.05) is 83.2 Å². The molecular weight excluding hydrogens is 488 g/mol. The molecule has 0 bridgehead atoms. The molecule has 0 radical (unpaired) electrons. The average Bonchev–Trinajstić information content (AvgIpc) is 3.21. The van der Waals surface area contributed by atoms with E-state index in [9.17, 15) is 8.42 Å². The van der Waals surface area contributed by atoms with Crippen LogP contribution >= 0.6 is 0 Å². The highest BCUT2D eigenvalue weighted by molar-refractivity contribution is 7.86. The predicted octanol–water partition coefficient (Wildman–Crippen LogP) is 9.11. The predicted molar refractivity (Wildman–Crippen MR) is 156 cm³/mol. The molecular formula is C34H52O3S. The van der Waals surface area contributed by atoms with Gasteiger partial charge in [0, 0.05) is 0 Å². The van der Waals surface area contributed by atoms with E-state index in [2.05, 4.69) is 40.7 Å². The standard InChI is InChI=1S/C34H52O3S/c1-23(2)8-7-9-25(4)30-16-17-31-29-15-12-26-22-27(37-38(35,36)28-13-10-24(3)11-14-28)18-20-33(26,5)32(29)19-21-34(30,31)6/h10-14,23,25,27,29-32H,7-9,15-22H2,1-6H3/t25-,27?,29?,30-,31?,32?,33+,34-/m1/s1. The maximum Gasteiger partial charge on any atom is 0.297 e. The molecule has 3 saturated carbocycles. The van der Waals surface area contributed by atoms with Crippen LogP contribution in [0, 0.1) is 53.3 Å². The van der Waals surface area contributed by atoms with Gasteiger partial charge in [-0.2, -0.15) is 8.42 Å². The van der Waals surface area contributed by atoms with Crippen LogP contribution in [0.3, 0.4) is 0 Å². The zero-order valence-electron chi connectivity index (χ0n) is 24.8. The van der Waals surface area contributed by atoms with Crippen molar-refractivity contribution in [2.75, 3.05) is 0 Å². The summed E-state index contributed by atoms with van der Waals surface area (Å²) in [6.07, 6.45) is 15.8. The lowest BCUT2D eigenvalue weighted by Crippen LogP contribution is -2.51. The molecule has 3 nitrogen and oxygen atoms in total. The Morgan fingerprint density at radius 3 is 2.39 bits per heavy atom. The van der Waals surface area contributed by atoms with Gasteiger partial charge in [-0.25, -0.2) is 0 Å². The summed E-state index contributed by atoms with van der Waals surface area (Å²) in [5, 5.41) is 0. The van der Waals surface area contributed by atoms with E-state index in [1.165, 1.54) is 56.9 Å². The summed E-state index contributed by atoms with van der Waals surface area (Å²) in [6.45, 7) is 14.4. The third-order valence-electron chi connectivity index (χ3n) is 11.8. The molecule has 8 atom stereocenters. The van der Waals surface area contributed by atoms with Crippen LogP contribution < -0.4 is 0 Å². The summed E-state index contributed by atoms with van der Waals surface area (Å²) in [7, 11) is -3.73. The molecule has 3 fully saturated rings. The summed E-state index contributed by atoms with van der Waals surface area (Å²) in [6, 6.07) is 7.02. The number of aryl methyl sites for hydroxylation is 1. The Labute approximate surface area is 233 Å². The van der Waals surface area contributed by atoms with E-state index in [1.807, 2.05) is 19.1 Å². The molecule has 38 heavy (non-hydrogen) atoms. The monoisotopic (exact) mass is 540 g/mol. The molecule has 0 spiro atoms. The first-order valence-electron chi connectivity index (χ1n) is 15.6.